The van der Waals surface area contributed by atoms with Crippen molar-refractivity contribution in [2.24, 2.45) is 0 Å². The van der Waals surface area contributed by atoms with E-state index in [1.165, 1.54) is 5.06 Å². The summed E-state index contributed by atoms with van der Waals surface area (Å²) in [5.41, 5.74) is 0. The van der Waals surface area contributed by atoms with E-state index < -0.39 is 0 Å². The lowest BCUT2D eigenvalue weighted by atomic mass is 9.98. The molecule has 0 aromatic carbocycles. The van der Waals surface area contributed by atoms with Crippen LogP contribution < -0.4 is 0 Å². The van der Waals surface area contributed by atoms with E-state index in [1.807, 2.05) is 6.08 Å². The first-order valence-electron chi connectivity index (χ1n) is 4.59. The molecule has 2 unspecified atom stereocenters. The van der Waals surface area contributed by atoms with Crippen molar-refractivity contribution in [2.75, 3.05) is 0 Å². The Balaban J connectivity index is 2.06. The van der Waals surface area contributed by atoms with E-state index in [0.717, 1.165) is 12.8 Å². The molecule has 1 fully saturated rings. The predicted octanol–water partition coefficient (Wildman–Crippen LogP) is 1.42. The van der Waals surface area contributed by atoms with Gasteiger partial charge in [0, 0.05) is 6.42 Å². The Labute approximate surface area is 77.6 Å². The summed E-state index contributed by atoms with van der Waals surface area (Å²) in [6.07, 6.45) is 8.21. The molecule has 1 amide bonds. The van der Waals surface area contributed by atoms with Crippen LogP contribution in [0.5, 0.6) is 0 Å². The molecule has 0 saturated carbocycles. The van der Waals surface area contributed by atoms with Crippen molar-refractivity contribution in [1.29, 1.82) is 0 Å². The average molecular weight is 179 g/mol. The number of nitrogens with zero attached hydrogens (tertiary/aromatic N) is 1. The van der Waals surface area contributed by atoms with Crippen molar-refractivity contribution in [1.82, 2.24) is 5.06 Å². The summed E-state index contributed by atoms with van der Waals surface area (Å²) in [4.78, 5) is 16.9. The van der Waals surface area contributed by atoms with E-state index >= 15 is 0 Å². The summed E-state index contributed by atoms with van der Waals surface area (Å²) < 4.78 is 0. The molecule has 1 aliphatic carbocycles. The molecule has 3 aliphatic rings. The fraction of sp³-hybridized carbons (Fsp3) is 0.500. The quantitative estimate of drug-likeness (QED) is 0.600. The summed E-state index contributed by atoms with van der Waals surface area (Å²) in [6.45, 7) is 3.54. The first-order valence-corrected chi connectivity index (χ1v) is 4.59. The molecular formula is C10H13NO2. The van der Waals surface area contributed by atoms with Gasteiger partial charge < -0.3 is 0 Å². The van der Waals surface area contributed by atoms with Crippen LogP contribution >= 0.6 is 0 Å². The smallest absolute Gasteiger partial charge is 0.250 e. The van der Waals surface area contributed by atoms with Gasteiger partial charge in [0.15, 0.2) is 0 Å². The molecule has 0 N–H and O–H groups in total. The van der Waals surface area contributed by atoms with Gasteiger partial charge in [-0.15, -0.1) is 6.58 Å². The minimum Gasteiger partial charge on any atom is -0.272 e. The van der Waals surface area contributed by atoms with Gasteiger partial charge in [-0.05, 0) is 12.8 Å². The van der Waals surface area contributed by atoms with Crippen molar-refractivity contribution in [3.05, 3.63) is 24.8 Å². The summed E-state index contributed by atoms with van der Waals surface area (Å²) in [5.74, 6) is 0.00838. The predicted molar refractivity (Wildman–Crippen MR) is 48.7 cm³/mol. The fourth-order valence-corrected chi connectivity index (χ4v) is 1.74. The van der Waals surface area contributed by atoms with E-state index in [0.29, 0.717) is 6.42 Å². The first kappa shape index (κ1) is 8.51. The molecule has 3 heteroatoms. The molecule has 0 aromatic rings. The molecule has 0 aromatic heterocycles. The number of rotatable bonds is 2. The van der Waals surface area contributed by atoms with Gasteiger partial charge in [0.05, 0.1) is 6.04 Å². The monoisotopic (exact) mass is 179 g/mol. The topological polar surface area (TPSA) is 29.5 Å². The highest BCUT2D eigenvalue weighted by atomic mass is 16.7. The minimum atomic E-state index is 0.00838. The summed E-state index contributed by atoms with van der Waals surface area (Å²) in [7, 11) is 0. The van der Waals surface area contributed by atoms with E-state index in [9.17, 15) is 4.79 Å². The van der Waals surface area contributed by atoms with E-state index in [4.69, 9.17) is 4.84 Å². The zero-order chi connectivity index (χ0) is 9.26. The molecule has 3 nitrogen and oxygen atoms in total. The second-order valence-corrected chi connectivity index (χ2v) is 3.39. The Morgan fingerprint density at radius 2 is 2.46 bits per heavy atom. The van der Waals surface area contributed by atoms with Gasteiger partial charge in [0.25, 0.3) is 0 Å². The molecule has 2 heterocycles. The number of carbonyl (C=O) groups excluding carboxylic acids is 1. The molecule has 2 aliphatic heterocycles. The van der Waals surface area contributed by atoms with Crippen molar-refractivity contribution in [3.63, 3.8) is 0 Å². The van der Waals surface area contributed by atoms with Gasteiger partial charge in [-0.3, -0.25) is 9.63 Å². The van der Waals surface area contributed by atoms with Crippen molar-refractivity contribution in [2.45, 2.75) is 31.4 Å². The molecule has 3 rings (SSSR count). The third-order valence-electron chi connectivity index (χ3n) is 2.41. The molecule has 13 heavy (non-hydrogen) atoms. The first-order chi connectivity index (χ1) is 6.31. The Bertz CT molecular complexity index is 260. The maximum Gasteiger partial charge on any atom is 0.250 e. The molecule has 2 atom stereocenters. The lowest BCUT2D eigenvalue weighted by Crippen LogP contribution is -2.48. The molecule has 2 bridgehead atoms. The number of carbonyl (C=O) groups is 1. The van der Waals surface area contributed by atoms with Crippen LogP contribution in [0.2, 0.25) is 0 Å². The second-order valence-electron chi connectivity index (χ2n) is 3.39. The molecule has 70 valence electrons. The lowest BCUT2D eigenvalue weighted by Gasteiger charge is -2.40. The third kappa shape index (κ3) is 1.52. The summed E-state index contributed by atoms with van der Waals surface area (Å²) in [6, 6.07) is 0.150. The molecular weight excluding hydrogens is 166 g/mol. The van der Waals surface area contributed by atoms with Crippen LogP contribution in [0, 0.1) is 0 Å². The minimum absolute atomic E-state index is 0.00838. The molecule has 0 radical (unpaired) electrons. The summed E-state index contributed by atoms with van der Waals surface area (Å²) in [5, 5.41) is 1.50. The number of fused-ring (bicyclic) bond motifs is 2. The highest BCUT2D eigenvalue weighted by Crippen LogP contribution is 2.27. The van der Waals surface area contributed by atoms with Crippen LogP contribution in [0.4, 0.5) is 0 Å². The molecule has 1 saturated heterocycles. The Kier molecular flexibility index (Phi) is 2.19. The van der Waals surface area contributed by atoms with Crippen LogP contribution in [0.3, 0.4) is 0 Å². The number of hydrogen-bond donors (Lipinski definition) is 0. The van der Waals surface area contributed by atoms with Crippen LogP contribution in [0.25, 0.3) is 0 Å². The van der Waals surface area contributed by atoms with E-state index in [1.54, 1.807) is 6.08 Å². The van der Waals surface area contributed by atoms with Crippen LogP contribution in [-0.2, 0) is 9.63 Å². The zero-order valence-electron chi connectivity index (χ0n) is 7.48. The van der Waals surface area contributed by atoms with Gasteiger partial charge in [-0.25, -0.2) is 5.06 Å². The Hall–Kier alpha value is -1.09. The van der Waals surface area contributed by atoms with E-state index in [2.05, 4.69) is 12.7 Å². The third-order valence-corrected chi connectivity index (χ3v) is 2.41. The Morgan fingerprint density at radius 3 is 2.92 bits per heavy atom. The van der Waals surface area contributed by atoms with Crippen LogP contribution in [0.1, 0.15) is 19.3 Å². The lowest BCUT2D eigenvalue weighted by molar-refractivity contribution is -0.229. The van der Waals surface area contributed by atoms with Crippen molar-refractivity contribution in [3.8, 4) is 0 Å². The normalized spacial score (nSPS) is 30.6. The fourth-order valence-electron chi connectivity index (χ4n) is 1.74. The van der Waals surface area contributed by atoms with E-state index in [-0.39, 0.29) is 18.1 Å². The maximum atomic E-state index is 11.5. The maximum absolute atomic E-state index is 11.5. The number of hydroxylamine groups is 2. The highest BCUT2D eigenvalue weighted by Gasteiger charge is 2.33. The standard InChI is InChI=1S/C10H13NO2/c1-2-3-10(12)11-8-4-6-9(13-11)7-5-8/h2,4,6,8-9H,1,3,5,7H2. The van der Waals surface area contributed by atoms with Crippen molar-refractivity contribution >= 4 is 5.91 Å². The highest BCUT2D eigenvalue weighted by molar-refractivity contribution is 5.77. The van der Waals surface area contributed by atoms with Gasteiger partial charge >= 0.3 is 0 Å². The second kappa shape index (κ2) is 3.34. The molecule has 0 spiro atoms. The van der Waals surface area contributed by atoms with Crippen LogP contribution in [-0.4, -0.2) is 23.1 Å². The average Bonchev–Trinajstić information content (AvgIpc) is 2.20. The SMILES string of the molecule is C=CCC(=O)N1OC2C=CC1CC2. The van der Waals surface area contributed by atoms with Crippen molar-refractivity contribution < 1.29 is 9.63 Å². The van der Waals surface area contributed by atoms with Gasteiger partial charge in [-0.2, -0.15) is 0 Å². The largest absolute Gasteiger partial charge is 0.272 e. The van der Waals surface area contributed by atoms with Gasteiger partial charge in [-0.1, -0.05) is 18.2 Å². The van der Waals surface area contributed by atoms with Gasteiger partial charge in [0.1, 0.15) is 6.10 Å². The Morgan fingerprint density at radius 1 is 1.62 bits per heavy atom. The summed E-state index contributed by atoms with van der Waals surface area (Å²) >= 11 is 0. The number of amides is 1. The zero-order valence-corrected chi connectivity index (χ0v) is 7.48. The van der Waals surface area contributed by atoms with Gasteiger partial charge in [0.2, 0.25) is 5.91 Å². The van der Waals surface area contributed by atoms with Crippen LogP contribution in [0.15, 0.2) is 24.8 Å². The number of hydrogen-bond acceptors (Lipinski definition) is 2.